The fourth-order valence-corrected chi connectivity index (χ4v) is 1.42. The van der Waals surface area contributed by atoms with E-state index in [1.165, 1.54) is 6.92 Å². The van der Waals surface area contributed by atoms with Gasteiger partial charge in [-0.05, 0) is 7.05 Å². The molecule has 0 unspecified atom stereocenters. The molecular formula is C9H20N4O. The summed E-state index contributed by atoms with van der Waals surface area (Å²) in [6, 6.07) is 0. The van der Waals surface area contributed by atoms with Crippen LogP contribution in [0.3, 0.4) is 0 Å². The van der Waals surface area contributed by atoms with E-state index < -0.39 is 0 Å². The van der Waals surface area contributed by atoms with Crippen molar-refractivity contribution in [1.82, 2.24) is 20.7 Å². The summed E-state index contributed by atoms with van der Waals surface area (Å²) in [7, 11) is 2.13. The summed E-state index contributed by atoms with van der Waals surface area (Å²) in [5, 5.41) is 4.97. The maximum Gasteiger partial charge on any atom is 0.216 e. The zero-order valence-corrected chi connectivity index (χ0v) is 9.05. The lowest BCUT2D eigenvalue weighted by atomic mass is 10.4. The Bertz CT molecular complexity index is 178. The maximum atomic E-state index is 10.6. The van der Waals surface area contributed by atoms with Gasteiger partial charge in [0.25, 0.3) is 0 Å². The van der Waals surface area contributed by atoms with Crippen LogP contribution < -0.4 is 10.7 Å². The van der Waals surface area contributed by atoms with E-state index >= 15 is 0 Å². The molecule has 1 heterocycles. The number of amides is 1. The third kappa shape index (κ3) is 4.55. The lowest BCUT2D eigenvalue weighted by Gasteiger charge is -2.32. The van der Waals surface area contributed by atoms with Gasteiger partial charge in [-0.3, -0.25) is 10.2 Å². The van der Waals surface area contributed by atoms with Crippen LogP contribution in [0.25, 0.3) is 0 Å². The summed E-state index contributed by atoms with van der Waals surface area (Å²) in [6.07, 6.45) is 0. The van der Waals surface area contributed by atoms with Gasteiger partial charge in [0.2, 0.25) is 5.91 Å². The van der Waals surface area contributed by atoms with Crippen LogP contribution in [0, 0.1) is 0 Å². The molecule has 1 amide bonds. The van der Waals surface area contributed by atoms with Crippen LogP contribution in [0.5, 0.6) is 0 Å². The van der Waals surface area contributed by atoms with Crippen LogP contribution in [0.15, 0.2) is 0 Å². The Morgan fingerprint density at radius 2 is 1.86 bits per heavy atom. The molecule has 0 aromatic rings. The molecule has 82 valence electrons. The summed E-state index contributed by atoms with van der Waals surface area (Å²) >= 11 is 0. The molecule has 5 heteroatoms. The van der Waals surface area contributed by atoms with Gasteiger partial charge in [0.1, 0.15) is 0 Å². The molecule has 14 heavy (non-hydrogen) atoms. The van der Waals surface area contributed by atoms with Gasteiger partial charge in [-0.2, -0.15) is 0 Å². The first kappa shape index (κ1) is 11.4. The van der Waals surface area contributed by atoms with E-state index in [0.717, 1.165) is 32.7 Å². The highest BCUT2D eigenvalue weighted by atomic mass is 16.1. The summed E-state index contributed by atoms with van der Waals surface area (Å²) in [5.41, 5.74) is 3.29. The van der Waals surface area contributed by atoms with Crippen molar-refractivity contribution in [3.8, 4) is 0 Å². The van der Waals surface area contributed by atoms with Gasteiger partial charge in [-0.1, -0.05) is 0 Å². The normalized spacial score (nSPS) is 19.6. The molecule has 1 saturated heterocycles. The molecule has 0 radical (unpaired) electrons. The number of rotatable bonds is 4. The second kappa shape index (κ2) is 5.95. The molecule has 1 aliphatic heterocycles. The van der Waals surface area contributed by atoms with Crippen LogP contribution in [0.2, 0.25) is 0 Å². The Morgan fingerprint density at radius 1 is 1.21 bits per heavy atom. The highest BCUT2D eigenvalue weighted by Gasteiger charge is 2.12. The molecule has 0 saturated carbocycles. The second-order valence-electron chi connectivity index (χ2n) is 3.68. The van der Waals surface area contributed by atoms with Crippen molar-refractivity contribution in [1.29, 1.82) is 0 Å². The van der Waals surface area contributed by atoms with Crippen molar-refractivity contribution in [2.75, 3.05) is 46.3 Å². The lowest BCUT2D eigenvalue weighted by Crippen LogP contribution is -2.52. The van der Waals surface area contributed by atoms with E-state index in [2.05, 4.69) is 27.7 Å². The smallest absolute Gasteiger partial charge is 0.216 e. The third-order valence-electron chi connectivity index (χ3n) is 2.34. The monoisotopic (exact) mass is 200 g/mol. The molecule has 0 aromatic carbocycles. The fraction of sp³-hybridized carbons (Fsp3) is 0.889. The molecule has 2 N–H and O–H groups in total. The van der Waals surface area contributed by atoms with Gasteiger partial charge in [-0.15, -0.1) is 0 Å². The zero-order valence-electron chi connectivity index (χ0n) is 9.05. The minimum absolute atomic E-state index is 0.0326. The average molecular weight is 200 g/mol. The third-order valence-corrected chi connectivity index (χ3v) is 2.34. The van der Waals surface area contributed by atoms with E-state index in [4.69, 9.17) is 0 Å². The molecule has 0 atom stereocenters. The zero-order chi connectivity index (χ0) is 10.4. The predicted molar refractivity (Wildman–Crippen MR) is 55.8 cm³/mol. The SMILES string of the molecule is CC(=O)NCCNN1CCN(C)CC1. The van der Waals surface area contributed by atoms with Gasteiger partial charge < -0.3 is 10.2 Å². The minimum Gasteiger partial charge on any atom is -0.355 e. The Kier molecular flexibility index (Phi) is 4.86. The summed E-state index contributed by atoms with van der Waals surface area (Å²) in [4.78, 5) is 12.9. The number of hydrogen-bond donors (Lipinski definition) is 2. The number of nitrogens with one attached hydrogen (secondary N) is 2. The van der Waals surface area contributed by atoms with Gasteiger partial charge in [0.05, 0.1) is 0 Å². The topological polar surface area (TPSA) is 47.6 Å². The van der Waals surface area contributed by atoms with Gasteiger partial charge in [-0.25, -0.2) is 5.01 Å². The molecule has 1 aliphatic rings. The Hall–Kier alpha value is -0.650. The summed E-state index contributed by atoms with van der Waals surface area (Å²) in [6.45, 7) is 7.36. The van der Waals surface area contributed by atoms with Gasteiger partial charge in [0, 0.05) is 46.2 Å². The van der Waals surface area contributed by atoms with Crippen LogP contribution in [0.1, 0.15) is 6.92 Å². The molecule has 0 spiro atoms. The van der Waals surface area contributed by atoms with Gasteiger partial charge >= 0.3 is 0 Å². The first-order valence-corrected chi connectivity index (χ1v) is 5.10. The first-order valence-electron chi connectivity index (χ1n) is 5.10. The molecule has 5 nitrogen and oxygen atoms in total. The van der Waals surface area contributed by atoms with Crippen LogP contribution in [-0.4, -0.2) is 62.1 Å². The van der Waals surface area contributed by atoms with E-state index in [9.17, 15) is 4.79 Å². The molecular weight excluding hydrogens is 180 g/mol. The number of hydrogen-bond acceptors (Lipinski definition) is 4. The molecule has 1 rings (SSSR count). The molecule has 0 aromatic heterocycles. The van der Waals surface area contributed by atoms with Crippen molar-refractivity contribution in [3.63, 3.8) is 0 Å². The van der Waals surface area contributed by atoms with Crippen molar-refractivity contribution in [3.05, 3.63) is 0 Å². The number of carbonyl (C=O) groups is 1. The van der Waals surface area contributed by atoms with E-state index in [0.29, 0.717) is 6.54 Å². The predicted octanol–water partition coefficient (Wildman–Crippen LogP) is -1.13. The van der Waals surface area contributed by atoms with Crippen LogP contribution in [-0.2, 0) is 4.79 Å². The minimum atomic E-state index is 0.0326. The second-order valence-corrected chi connectivity index (χ2v) is 3.68. The Labute approximate surface area is 85.4 Å². The highest BCUT2D eigenvalue weighted by molar-refractivity contribution is 5.72. The quantitative estimate of drug-likeness (QED) is 0.564. The van der Waals surface area contributed by atoms with E-state index in [-0.39, 0.29) is 5.91 Å². The number of likely N-dealkylation sites (N-methyl/N-ethyl adjacent to an activating group) is 1. The maximum absolute atomic E-state index is 10.6. The van der Waals surface area contributed by atoms with Crippen molar-refractivity contribution in [2.24, 2.45) is 0 Å². The lowest BCUT2D eigenvalue weighted by molar-refractivity contribution is -0.118. The number of piperazine rings is 1. The van der Waals surface area contributed by atoms with E-state index in [1.54, 1.807) is 0 Å². The summed E-state index contributed by atoms with van der Waals surface area (Å²) < 4.78 is 0. The Morgan fingerprint density at radius 3 is 2.43 bits per heavy atom. The Balaban J connectivity index is 1.99. The van der Waals surface area contributed by atoms with E-state index in [1.807, 2.05) is 0 Å². The van der Waals surface area contributed by atoms with Crippen LogP contribution in [0.4, 0.5) is 0 Å². The summed E-state index contributed by atoms with van der Waals surface area (Å²) in [5.74, 6) is 0.0326. The first-order chi connectivity index (χ1) is 6.68. The standard InChI is InChI=1S/C9H20N4O/c1-9(14)10-3-4-11-13-7-5-12(2)6-8-13/h11H,3-8H2,1-2H3,(H,10,14). The van der Waals surface area contributed by atoms with Crippen LogP contribution >= 0.6 is 0 Å². The number of nitrogens with zero attached hydrogens (tertiary/aromatic N) is 2. The molecule has 0 aliphatic carbocycles. The van der Waals surface area contributed by atoms with Gasteiger partial charge in [0.15, 0.2) is 0 Å². The number of carbonyl (C=O) groups excluding carboxylic acids is 1. The fourth-order valence-electron chi connectivity index (χ4n) is 1.42. The highest BCUT2D eigenvalue weighted by Crippen LogP contribution is 1.94. The van der Waals surface area contributed by atoms with Crippen molar-refractivity contribution < 1.29 is 4.79 Å². The molecule has 1 fully saturated rings. The van der Waals surface area contributed by atoms with Crippen molar-refractivity contribution in [2.45, 2.75) is 6.92 Å². The largest absolute Gasteiger partial charge is 0.355 e. The average Bonchev–Trinajstić information content (AvgIpc) is 2.15. The molecule has 0 bridgehead atoms. The number of hydrazine groups is 1. The van der Waals surface area contributed by atoms with Crippen molar-refractivity contribution >= 4 is 5.91 Å².